The maximum atomic E-state index is 5.68. The van der Waals surface area contributed by atoms with Gasteiger partial charge in [0.2, 0.25) is 0 Å². The van der Waals surface area contributed by atoms with E-state index in [1.165, 1.54) is 5.56 Å². The van der Waals surface area contributed by atoms with Gasteiger partial charge in [-0.1, -0.05) is 0 Å². The van der Waals surface area contributed by atoms with Gasteiger partial charge in [-0.05, 0) is 57.5 Å². The van der Waals surface area contributed by atoms with E-state index < -0.39 is 0 Å². The van der Waals surface area contributed by atoms with Crippen molar-refractivity contribution >= 4 is 0 Å². The predicted octanol–water partition coefficient (Wildman–Crippen LogP) is 2.90. The van der Waals surface area contributed by atoms with Crippen molar-refractivity contribution in [2.75, 3.05) is 13.2 Å². The highest BCUT2D eigenvalue weighted by Gasteiger charge is 2.14. The molecule has 0 aliphatic rings. The summed E-state index contributed by atoms with van der Waals surface area (Å²) in [5, 5.41) is 0. The zero-order valence-electron chi connectivity index (χ0n) is 12.7. The Morgan fingerprint density at radius 2 is 1.95 bits per heavy atom. The number of hydrogen-bond acceptors (Lipinski definition) is 3. The van der Waals surface area contributed by atoms with E-state index in [0.717, 1.165) is 40.5 Å². The van der Waals surface area contributed by atoms with E-state index in [1.54, 1.807) is 0 Å². The van der Waals surface area contributed by atoms with Crippen LogP contribution in [-0.4, -0.2) is 23.1 Å². The molecule has 0 aliphatic carbocycles. The van der Waals surface area contributed by atoms with E-state index in [0.29, 0.717) is 13.2 Å². The fourth-order valence-electron chi connectivity index (χ4n) is 2.44. The molecule has 0 radical (unpaired) electrons. The third-order valence-corrected chi connectivity index (χ3v) is 3.37. The highest BCUT2D eigenvalue weighted by Crippen LogP contribution is 2.31. The molecule has 0 fully saturated rings. The minimum atomic E-state index is 0.615. The summed E-state index contributed by atoms with van der Waals surface area (Å²) in [6.07, 6.45) is 0.807. The Balaban J connectivity index is 2.50. The van der Waals surface area contributed by atoms with Gasteiger partial charge in [-0.2, -0.15) is 0 Å². The van der Waals surface area contributed by atoms with Crippen LogP contribution in [0, 0.1) is 20.8 Å². The highest BCUT2D eigenvalue weighted by atomic mass is 16.5. The molecule has 108 valence electrons. The quantitative estimate of drug-likeness (QED) is 0.880. The van der Waals surface area contributed by atoms with Crippen LogP contribution >= 0.6 is 0 Å². The van der Waals surface area contributed by atoms with Crippen LogP contribution in [0.3, 0.4) is 0 Å². The van der Waals surface area contributed by atoms with Crippen LogP contribution in [0.1, 0.15) is 29.6 Å². The molecular weight excluding hydrogens is 250 g/mol. The minimum absolute atomic E-state index is 0.615. The van der Waals surface area contributed by atoms with Crippen molar-refractivity contribution in [1.29, 1.82) is 0 Å². The lowest BCUT2D eigenvalue weighted by Gasteiger charge is -2.12. The number of nitrogens with one attached hydrogen (secondary N) is 1. The van der Waals surface area contributed by atoms with E-state index in [2.05, 4.69) is 35.9 Å². The molecule has 0 aliphatic heterocycles. The molecule has 20 heavy (non-hydrogen) atoms. The lowest BCUT2D eigenvalue weighted by atomic mass is 10.00. The third-order valence-electron chi connectivity index (χ3n) is 3.37. The van der Waals surface area contributed by atoms with Crippen molar-refractivity contribution in [2.45, 2.75) is 34.1 Å². The number of ether oxygens (including phenoxy) is 1. The molecular formula is C16H23N3O. The molecule has 1 aromatic carbocycles. The largest absolute Gasteiger partial charge is 0.494 e. The summed E-state index contributed by atoms with van der Waals surface area (Å²) in [7, 11) is 0. The lowest BCUT2D eigenvalue weighted by molar-refractivity contribution is 0.337. The normalized spacial score (nSPS) is 10.8. The van der Waals surface area contributed by atoms with E-state index in [1.807, 2.05) is 13.8 Å². The van der Waals surface area contributed by atoms with E-state index in [9.17, 15) is 0 Å². The Hall–Kier alpha value is -1.81. The first-order valence-electron chi connectivity index (χ1n) is 7.06. The van der Waals surface area contributed by atoms with Crippen LogP contribution in [0.25, 0.3) is 11.3 Å². The topological polar surface area (TPSA) is 63.9 Å². The average molecular weight is 273 g/mol. The molecule has 1 heterocycles. The molecule has 4 heteroatoms. The van der Waals surface area contributed by atoms with Gasteiger partial charge < -0.3 is 15.5 Å². The summed E-state index contributed by atoms with van der Waals surface area (Å²) < 4.78 is 5.64. The number of aromatic nitrogens is 2. The van der Waals surface area contributed by atoms with Crippen molar-refractivity contribution in [3.63, 3.8) is 0 Å². The summed E-state index contributed by atoms with van der Waals surface area (Å²) in [5.74, 6) is 1.87. The van der Waals surface area contributed by atoms with Crippen LogP contribution in [-0.2, 0) is 6.42 Å². The van der Waals surface area contributed by atoms with Crippen LogP contribution < -0.4 is 10.5 Å². The second-order valence-corrected chi connectivity index (χ2v) is 5.05. The van der Waals surface area contributed by atoms with Gasteiger partial charge in [0.25, 0.3) is 0 Å². The number of H-pyrrole nitrogens is 1. The van der Waals surface area contributed by atoms with Gasteiger partial charge in [0, 0.05) is 17.7 Å². The second-order valence-electron chi connectivity index (χ2n) is 5.05. The fourth-order valence-corrected chi connectivity index (χ4v) is 2.44. The standard InChI is InChI=1S/C16H23N3O/c1-5-20-15-9-10(2)13(8-11(15)3)16-14(6-7-17)18-12(4)19-16/h8-9H,5-7,17H2,1-4H3,(H,18,19). The van der Waals surface area contributed by atoms with Gasteiger partial charge in [0.1, 0.15) is 11.6 Å². The van der Waals surface area contributed by atoms with Crippen LogP contribution in [0.15, 0.2) is 12.1 Å². The molecule has 0 atom stereocenters. The monoisotopic (exact) mass is 273 g/mol. The number of rotatable bonds is 5. The van der Waals surface area contributed by atoms with Gasteiger partial charge >= 0.3 is 0 Å². The van der Waals surface area contributed by atoms with Crippen molar-refractivity contribution in [1.82, 2.24) is 9.97 Å². The van der Waals surface area contributed by atoms with Gasteiger partial charge in [-0.25, -0.2) is 4.98 Å². The Bertz CT molecular complexity index is 602. The van der Waals surface area contributed by atoms with Crippen LogP contribution in [0.5, 0.6) is 5.75 Å². The van der Waals surface area contributed by atoms with Gasteiger partial charge in [0.15, 0.2) is 0 Å². The SMILES string of the molecule is CCOc1cc(C)c(-c2nc(C)[nH]c2CCN)cc1C. The molecule has 3 N–H and O–H groups in total. The molecule has 0 saturated heterocycles. The summed E-state index contributed by atoms with van der Waals surface area (Å²) in [6.45, 7) is 9.42. The zero-order chi connectivity index (χ0) is 14.7. The number of aryl methyl sites for hydroxylation is 3. The average Bonchev–Trinajstić information content (AvgIpc) is 2.75. The molecule has 0 spiro atoms. The molecule has 0 amide bonds. The Kier molecular flexibility index (Phi) is 4.45. The van der Waals surface area contributed by atoms with Gasteiger partial charge in [-0.15, -0.1) is 0 Å². The van der Waals surface area contributed by atoms with E-state index in [-0.39, 0.29) is 0 Å². The highest BCUT2D eigenvalue weighted by molar-refractivity contribution is 5.68. The fraction of sp³-hybridized carbons (Fsp3) is 0.438. The first-order valence-corrected chi connectivity index (χ1v) is 7.06. The maximum absolute atomic E-state index is 5.68. The second kappa shape index (κ2) is 6.09. The molecule has 0 unspecified atom stereocenters. The number of aromatic amines is 1. The van der Waals surface area contributed by atoms with Crippen molar-refractivity contribution in [3.8, 4) is 17.0 Å². The predicted molar refractivity (Wildman–Crippen MR) is 82.2 cm³/mol. The van der Waals surface area contributed by atoms with Crippen LogP contribution in [0.2, 0.25) is 0 Å². The first-order chi connectivity index (χ1) is 9.56. The molecule has 2 rings (SSSR count). The molecule has 2 aromatic rings. The smallest absolute Gasteiger partial charge is 0.122 e. The Morgan fingerprint density at radius 3 is 2.60 bits per heavy atom. The summed E-state index contributed by atoms with van der Waals surface area (Å²) in [6, 6.07) is 4.24. The van der Waals surface area contributed by atoms with E-state index >= 15 is 0 Å². The first kappa shape index (κ1) is 14.6. The molecule has 1 aromatic heterocycles. The molecule has 4 nitrogen and oxygen atoms in total. The zero-order valence-corrected chi connectivity index (χ0v) is 12.7. The molecule has 0 bridgehead atoms. The van der Waals surface area contributed by atoms with Gasteiger partial charge in [-0.3, -0.25) is 0 Å². The number of hydrogen-bond donors (Lipinski definition) is 2. The lowest BCUT2D eigenvalue weighted by Crippen LogP contribution is -2.04. The summed E-state index contributed by atoms with van der Waals surface area (Å²) in [4.78, 5) is 7.93. The Labute approximate surface area is 120 Å². The van der Waals surface area contributed by atoms with Crippen molar-refractivity contribution in [3.05, 3.63) is 34.8 Å². The third kappa shape index (κ3) is 2.85. The summed E-state index contributed by atoms with van der Waals surface area (Å²) in [5.41, 5.74) is 11.3. The van der Waals surface area contributed by atoms with Crippen molar-refractivity contribution in [2.24, 2.45) is 5.73 Å². The maximum Gasteiger partial charge on any atom is 0.122 e. The molecule has 0 saturated carbocycles. The number of imidazole rings is 1. The summed E-state index contributed by atoms with van der Waals surface area (Å²) >= 11 is 0. The van der Waals surface area contributed by atoms with Gasteiger partial charge in [0.05, 0.1) is 12.3 Å². The van der Waals surface area contributed by atoms with Crippen molar-refractivity contribution < 1.29 is 4.74 Å². The number of benzene rings is 1. The number of nitrogens with two attached hydrogens (primary N) is 1. The number of nitrogens with zero attached hydrogens (tertiary/aromatic N) is 1. The van der Waals surface area contributed by atoms with E-state index in [4.69, 9.17) is 10.5 Å². The van der Waals surface area contributed by atoms with Crippen LogP contribution in [0.4, 0.5) is 0 Å². The minimum Gasteiger partial charge on any atom is -0.494 e. The Morgan fingerprint density at radius 1 is 1.20 bits per heavy atom.